The quantitative estimate of drug-likeness (QED) is 0.793. The zero-order chi connectivity index (χ0) is 13.3. The normalized spacial score (nSPS) is 14.1. The summed E-state index contributed by atoms with van der Waals surface area (Å²) < 4.78 is 5.12. The maximum Gasteiger partial charge on any atom is 0.377 e. The number of ether oxygens (including phenoxy) is 1. The van der Waals surface area contributed by atoms with Gasteiger partial charge in [-0.15, -0.1) is 0 Å². The molecule has 0 atom stereocenters. The number of benzene rings is 1. The van der Waals surface area contributed by atoms with E-state index in [0.717, 1.165) is 5.56 Å². The summed E-state index contributed by atoms with van der Waals surface area (Å²) in [4.78, 5) is 22.1. The fourth-order valence-electron chi connectivity index (χ4n) is 2.10. The SMILES string of the molecule is COc1cccc2c1C(O)=C(C(=O)C(=O)O)CC2. The maximum atomic E-state index is 11.5. The number of hydrogen-bond acceptors (Lipinski definition) is 4. The number of rotatable bonds is 3. The number of ketones is 1. The van der Waals surface area contributed by atoms with Gasteiger partial charge in [-0.3, -0.25) is 4.79 Å². The van der Waals surface area contributed by atoms with Gasteiger partial charge in [0.1, 0.15) is 11.5 Å². The summed E-state index contributed by atoms with van der Waals surface area (Å²) in [5.41, 5.74) is 1.18. The lowest BCUT2D eigenvalue weighted by Crippen LogP contribution is -2.20. The highest BCUT2D eigenvalue weighted by Crippen LogP contribution is 2.36. The van der Waals surface area contributed by atoms with Crippen LogP contribution in [0.15, 0.2) is 23.8 Å². The van der Waals surface area contributed by atoms with E-state index in [4.69, 9.17) is 9.84 Å². The Hall–Kier alpha value is -2.30. The summed E-state index contributed by atoms with van der Waals surface area (Å²) in [5, 5.41) is 18.8. The second-order valence-electron chi connectivity index (χ2n) is 3.96. The van der Waals surface area contributed by atoms with Gasteiger partial charge in [-0.05, 0) is 24.5 Å². The van der Waals surface area contributed by atoms with Crippen molar-refractivity contribution in [2.45, 2.75) is 12.8 Å². The number of aliphatic hydroxyl groups excluding tert-OH is 1. The molecule has 0 bridgehead atoms. The molecule has 0 saturated carbocycles. The zero-order valence-corrected chi connectivity index (χ0v) is 9.77. The lowest BCUT2D eigenvalue weighted by Gasteiger charge is -2.20. The van der Waals surface area contributed by atoms with Crippen LogP contribution in [0.4, 0.5) is 0 Å². The van der Waals surface area contributed by atoms with E-state index in [1.807, 2.05) is 6.07 Å². The smallest absolute Gasteiger partial charge is 0.377 e. The van der Waals surface area contributed by atoms with Crippen molar-refractivity contribution >= 4 is 17.5 Å². The molecule has 0 radical (unpaired) electrons. The Bertz CT molecular complexity index is 557. The molecule has 1 aromatic carbocycles. The number of carboxylic acids is 1. The molecule has 5 nitrogen and oxygen atoms in total. The van der Waals surface area contributed by atoms with Crippen LogP contribution < -0.4 is 4.74 Å². The fraction of sp³-hybridized carbons (Fsp3) is 0.231. The first kappa shape index (κ1) is 12.2. The molecule has 5 heteroatoms. The van der Waals surface area contributed by atoms with E-state index in [9.17, 15) is 14.7 Å². The molecular weight excluding hydrogens is 236 g/mol. The standard InChI is InChI=1S/C13H12O5/c1-18-9-4-2-3-7-5-6-8(11(14)10(7)9)12(15)13(16)17/h2-4,14H,5-6H2,1H3,(H,16,17). The highest BCUT2D eigenvalue weighted by molar-refractivity contribution is 6.41. The Labute approximate surface area is 103 Å². The molecule has 2 rings (SSSR count). The van der Waals surface area contributed by atoms with Gasteiger partial charge in [0.05, 0.1) is 18.2 Å². The molecular formula is C13H12O5. The van der Waals surface area contributed by atoms with Crippen LogP contribution in [0.1, 0.15) is 17.5 Å². The first-order chi connectivity index (χ1) is 8.56. The third-order valence-electron chi connectivity index (χ3n) is 2.97. The van der Waals surface area contributed by atoms with Crippen LogP contribution in [0.2, 0.25) is 0 Å². The highest BCUT2D eigenvalue weighted by atomic mass is 16.5. The van der Waals surface area contributed by atoms with Gasteiger partial charge in [-0.25, -0.2) is 4.79 Å². The summed E-state index contributed by atoms with van der Waals surface area (Å²) in [5.74, 6) is -2.49. The van der Waals surface area contributed by atoms with E-state index >= 15 is 0 Å². The molecule has 94 valence electrons. The molecule has 2 N–H and O–H groups in total. The van der Waals surface area contributed by atoms with Crippen molar-refractivity contribution in [3.8, 4) is 5.75 Å². The minimum Gasteiger partial charge on any atom is -0.507 e. The van der Waals surface area contributed by atoms with Crippen LogP contribution in [0.25, 0.3) is 5.76 Å². The number of aryl methyl sites for hydroxylation is 1. The van der Waals surface area contributed by atoms with E-state index in [0.29, 0.717) is 17.7 Å². The number of aliphatic carboxylic acids is 1. The maximum absolute atomic E-state index is 11.5. The van der Waals surface area contributed by atoms with E-state index in [-0.39, 0.29) is 17.8 Å². The van der Waals surface area contributed by atoms with Crippen molar-refractivity contribution in [3.05, 3.63) is 34.9 Å². The first-order valence-corrected chi connectivity index (χ1v) is 5.42. The molecule has 0 saturated heterocycles. The van der Waals surface area contributed by atoms with Crippen LogP contribution in [0.5, 0.6) is 5.75 Å². The fourth-order valence-corrected chi connectivity index (χ4v) is 2.10. The van der Waals surface area contributed by atoms with E-state index in [1.165, 1.54) is 7.11 Å². The minimum absolute atomic E-state index is 0.0699. The molecule has 1 aromatic rings. The van der Waals surface area contributed by atoms with Gasteiger partial charge in [0.2, 0.25) is 0 Å². The molecule has 18 heavy (non-hydrogen) atoms. The average Bonchev–Trinajstić information content (AvgIpc) is 2.37. The van der Waals surface area contributed by atoms with Crippen LogP contribution in [0, 0.1) is 0 Å². The summed E-state index contributed by atoms with van der Waals surface area (Å²) >= 11 is 0. The summed E-state index contributed by atoms with van der Waals surface area (Å²) in [7, 11) is 1.45. The van der Waals surface area contributed by atoms with Crippen molar-refractivity contribution in [2.75, 3.05) is 7.11 Å². The van der Waals surface area contributed by atoms with E-state index in [2.05, 4.69) is 0 Å². The lowest BCUT2D eigenvalue weighted by molar-refractivity contribution is -0.147. The van der Waals surface area contributed by atoms with Crippen molar-refractivity contribution < 1.29 is 24.5 Å². The van der Waals surface area contributed by atoms with Crippen LogP contribution >= 0.6 is 0 Å². The van der Waals surface area contributed by atoms with Crippen molar-refractivity contribution in [1.82, 2.24) is 0 Å². The summed E-state index contributed by atoms with van der Waals surface area (Å²) in [6.45, 7) is 0. The predicted octanol–water partition coefficient (Wildman–Crippen LogP) is 1.56. The number of aliphatic hydroxyl groups is 1. The van der Waals surface area contributed by atoms with E-state index in [1.54, 1.807) is 12.1 Å². The topological polar surface area (TPSA) is 83.8 Å². The molecule has 1 aliphatic rings. The number of carboxylic acid groups (broad SMARTS) is 1. The van der Waals surface area contributed by atoms with E-state index < -0.39 is 11.8 Å². The monoisotopic (exact) mass is 248 g/mol. The molecule has 0 aromatic heterocycles. The van der Waals surface area contributed by atoms with Crippen LogP contribution in [-0.4, -0.2) is 29.1 Å². The van der Waals surface area contributed by atoms with Crippen LogP contribution in [-0.2, 0) is 16.0 Å². The number of carbonyl (C=O) groups excluding carboxylic acids is 1. The molecule has 0 spiro atoms. The van der Waals surface area contributed by atoms with Crippen LogP contribution in [0.3, 0.4) is 0 Å². The molecule has 0 aliphatic heterocycles. The predicted molar refractivity (Wildman–Crippen MR) is 63.5 cm³/mol. The molecule has 0 unspecified atom stereocenters. The Kier molecular flexibility index (Phi) is 3.06. The summed E-state index contributed by atoms with van der Waals surface area (Å²) in [6.07, 6.45) is 0.724. The number of fused-ring (bicyclic) bond motifs is 1. The minimum atomic E-state index is -1.56. The number of carbonyl (C=O) groups is 2. The molecule has 0 fully saturated rings. The Morgan fingerprint density at radius 3 is 2.61 bits per heavy atom. The van der Waals surface area contributed by atoms with Gasteiger partial charge < -0.3 is 14.9 Å². The third-order valence-corrected chi connectivity index (χ3v) is 2.97. The molecule has 1 aliphatic carbocycles. The second-order valence-corrected chi connectivity index (χ2v) is 3.96. The number of Topliss-reactive ketones (excluding diaryl/α,β-unsaturated/α-hetero) is 1. The Morgan fingerprint density at radius 2 is 2.00 bits per heavy atom. The largest absolute Gasteiger partial charge is 0.507 e. The van der Waals surface area contributed by atoms with Gasteiger partial charge in [-0.2, -0.15) is 0 Å². The van der Waals surface area contributed by atoms with Gasteiger partial charge >= 0.3 is 5.97 Å². The third kappa shape index (κ3) is 1.84. The van der Waals surface area contributed by atoms with Crippen molar-refractivity contribution in [3.63, 3.8) is 0 Å². The lowest BCUT2D eigenvalue weighted by atomic mass is 9.88. The molecule has 0 amide bonds. The number of methoxy groups -OCH3 is 1. The van der Waals surface area contributed by atoms with Crippen molar-refractivity contribution in [1.29, 1.82) is 0 Å². The summed E-state index contributed by atoms with van der Waals surface area (Å²) in [6, 6.07) is 5.26. The first-order valence-electron chi connectivity index (χ1n) is 5.42. The van der Waals surface area contributed by atoms with Gasteiger partial charge in [0.15, 0.2) is 0 Å². The number of hydrogen-bond donors (Lipinski definition) is 2. The Morgan fingerprint density at radius 1 is 1.28 bits per heavy atom. The van der Waals surface area contributed by atoms with Gasteiger partial charge in [-0.1, -0.05) is 12.1 Å². The second kappa shape index (κ2) is 4.52. The zero-order valence-electron chi connectivity index (χ0n) is 9.77. The average molecular weight is 248 g/mol. The van der Waals surface area contributed by atoms with Crippen molar-refractivity contribution in [2.24, 2.45) is 0 Å². The Balaban J connectivity index is 2.59. The van der Waals surface area contributed by atoms with Gasteiger partial charge in [0.25, 0.3) is 5.78 Å². The van der Waals surface area contributed by atoms with Gasteiger partial charge in [0, 0.05) is 0 Å². The highest BCUT2D eigenvalue weighted by Gasteiger charge is 2.29. The molecule has 0 heterocycles.